The molecule has 4 nitrogen and oxygen atoms in total. The van der Waals surface area contributed by atoms with Crippen molar-refractivity contribution >= 4 is 11.6 Å². The van der Waals surface area contributed by atoms with Gasteiger partial charge in [-0.15, -0.1) is 0 Å². The minimum atomic E-state index is 0.00756. The molecule has 1 aromatic rings. The summed E-state index contributed by atoms with van der Waals surface area (Å²) in [6.45, 7) is 0.945. The Kier molecular flexibility index (Phi) is 2.45. The number of aromatic nitrogens is 1. The summed E-state index contributed by atoms with van der Waals surface area (Å²) in [5.41, 5.74) is 0.888. The average molecular weight is 191 g/mol. The van der Waals surface area contributed by atoms with E-state index in [0.29, 0.717) is 0 Å². The zero-order chi connectivity index (χ0) is 9.97. The third kappa shape index (κ3) is 1.61. The highest BCUT2D eigenvalue weighted by molar-refractivity contribution is 5.97. The Hall–Kier alpha value is -1.42. The van der Waals surface area contributed by atoms with Gasteiger partial charge in [-0.2, -0.15) is 0 Å². The van der Waals surface area contributed by atoms with Gasteiger partial charge in [-0.05, 0) is 25.1 Å². The number of carbonyl (C=O) groups is 1. The number of pyridine rings is 1. The first-order chi connectivity index (χ1) is 6.79. The topological polar surface area (TPSA) is 45.2 Å². The van der Waals surface area contributed by atoms with E-state index in [-0.39, 0.29) is 11.9 Å². The van der Waals surface area contributed by atoms with Crippen LogP contribution in [-0.2, 0) is 4.79 Å². The smallest absolute Gasteiger partial charge is 0.243 e. The van der Waals surface area contributed by atoms with Gasteiger partial charge in [0.05, 0.1) is 6.04 Å². The lowest BCUT2D eigenvalue weighted by molar-refractivity contribution is -0.121. The molecule has 1 N–H and O–H groups in total. The molecule has 1 aliphatic heterocycles. The van der Waals surface area contributed by atoms with Crippen LogP contribution in [0.15, 0.2) is 24.5 Å². The molecule has 0 bridgehead atoms. The van der Waals surface area contributed by atoms with E-state index in [1.165, 1.54) is 0 Å². The molecule has 0 aliphatic carbocycles. The van der Waals surface area contributed by atoms with Gasteiger partial charge in [0.1, 0.15) is 0 Å². The number of carbonyl (C=O) groups excluding carboxylic acids is 1. The molecule has 1 unspecified atom stereocenters. The van der Waals surface area contributed by atoms with E-state index in [1.54, 1.807) is 24.3 Å². The van der Waals surface area contributed by atoms with Gasteiger partial charge in [0.25, 0.3) is 0 Å². The lowest BCUT2D eigenvalue weighted by atomic mass is 10.1. The summed E-state index contributed by atoms with van der Waals surface area (Å²) in [5.74, 6) is 0.127. The van der Waals surface area contributed by atoms with Crippen molar-refractivity contribution in [3.8, 4) is 0 Å². The molecule has 1 fully saturated rings. The van der Waals surface area contributed by atoms with Gasteiger partial charge in [0.2, 0.25) is 5.91 Å². The lowest BCUT2D eigenvalue weighted by Crippen LogP contribution is -2.53. The van der Waals surface area contributed by atoms with Crippen molar-refractivity contribution in [3.05, 3.63) is 24.5 Å². The molecule has 1 atom stereocenters. The second-order valence-electron chi connectivity index (χ2n) is 3.40. The fourth-order valence-electron chi connectivity index (χ4n) is 1.43. The number of nitrogens with zero attached hydrogens (tertiary/aromatic N) is 2. The van der Waals surface area contributed by atoms with E-state index >= 15 is 0 Å². The van der Waals surface area contributed by atoms with E-state index in [1.807, 2.05) is 12.1 Å². The van der Waals surface area contributed by atoms with Gasteiger partial charge in [0.15, 0.2) is 0 Å². The molecule has 1 amide bonds. The maximum atomic E-state index is 11.8. The summed E-state index contributed by atoms with van der Waals surface area (Å²) < 4.78 is 0. The van der Waals surface area contributed by atoms with Crippen molar-refractivity contribution in [3.63, 3.8) is 0 Å². The predicted octanol–water partition coefficient (Wildman–Crippen LogP) is 0.406. The van der Waals surface area contributed by atoms with Crippen LogP contribution >= 0.6 is 0 Å². The fourth-order valence-corrected chi connectivity index (χ4v) is 1.43. The SMILES string of the molecule is CN(C(=O)C1CCN1)c1ccncc1. The summed E-state index contributed by atoms with van der Waals surface area (Å²) in [7, 11) is 1.79. The van der Waals surface area contributed by atoms with Crippen LogP contribution in [0, 0.1) is 0 Å². The molecule has 1 aliphatic rings. The largest absolute Gasteiger partial charge is 0.314 e. The molecular formula is C10H13N3O. The van der Waals surface area contributed by atoms with Crippen molar-refractivity contribution in [2.75, 3.05) is 18.5 Å². The van der Waals surface area contributed by atoms with Gasteiger partial charge in [-0.3, -0.25) is 9.78 Å². The second kappa shape index (κ2) is 3.75. The van der Waals surface area contributed by atoms with Crippen molar-refractivity contribution in [2.45, 2.75) is 12.5 Å². The molecule has 2 heterocycles. The lowest BCUT2D eigenvalue weighted by Gasteiger charge is -2.30. The third-order valence-electron chi connectivity index (χ3n) is 2.50. The zero-order valence-corrected chi connectivity index (χ0v) is 8.10. The molecule has 2 rings (SSSR count). The van der Waals surface area contributed by atoms with Crippen molar-refractivity contribution in [1.82, 2.24) is 10.3 Å². The second-order valence-corrected chi connectivity index (χ2v) is 3.40. The summed E-state index contributed by atoms with van der Waals surface area (Å²) >= 11 is 0. The van der Waals surface area contributed by atoms with Crippen molar-refractivity contribution < 1.29 is 4.79 Å². The molecule has 1 saturated heterocycles. The maximum absolute atomic E-state index is 11.8. The standard InChI is InChI=1S/C10H13N3O/c1-13(8-2-5-11-6-3-8)10(14)9-4-7-12-9/h2-3,5-6,9,12H,4,7H2,1H3. The van der Waals surface area contributed by atoms with Crippen LogP contribution < -0.4 is 10.2 Å². The number of rotatable bonds is 2. The van der Waals surface area contributed by atoms with Gasteiger partial charge < -0.3 is 10.2 Å². The molecule has 0 radical (unpaired) electrons. The number of hydrogen-bond donors (Lipinski definition) is 1. The molecule has 4 heteroatoms. The minimum absolute atomic E-state index is 0.00756. The minimum Gasteiger partial charge on any atom is -0.314 e. The van der Waals surface area contributed by atoms with E-state index in [0.717, 1.165) is 18.7 Å². The Labute approximate surface area is 82.9 Å². The van der Waals surface area contributed by atoms with Crippen LogP contribution in [0.4, 0.5) is 5.69 Å². The Bertz CT molecular complexity index is 321. The molecule has 0 saturated carbocycles. The zero-order valence-electron chi connectivity index (χ0n) is 8.10. The van der Waals surface area contributed by atoms with Gasteiger partial charge in [-0.1, -0.05) is 0 Å². The first-order valence-corrected chi connectivity index (χ1v) is 4.70. The van der Waals surface area contributed by atoms with E-state index in [2.05, 4.69) is 10.3 Å². The summed E-state index contributed by atoms with van der Waals surface area (Å²) in [5, 5.41) is 3.09. The normalized spacial score (nSPS) is 19.9. The molecular weight excluding hydrogens is 178 g/mol. The number of likely N-dealkylation sites (N-methyl/N-ethyl adjacent to an activating group) is 1. The average Bonchev–Trinajstić information content (AvgIpc) is 2.15. The molecule has 74 valence electrons. The Morgan fingerprint density at radius 1 is 1.57 bits per heavy atom. The molecule has 14 heavy (non-hydrogen) atoms. The Balaban J connectivity index is 2.07. The highest BCUT2D eigenvalue weighted by Crippen LogP contribution is 2.14. The van der Waals surface area contributed by atoms with Gasteiger partial charge in [-0.25, -0.2) is 0 Å². The maximum Gasteiger partial charge on any atom is 0.243 e. The third-order valence-corrected chi connectivity index (χ3v) is 2.50. The highest BCUT2D eigenvalue weighted by Gasteiger charge is 2.27. The number of nitrogens with one attached hydrogen (secondary N) is 1. The first-order valence-electron chi connectivity index (χ1n) is 4.70. The fraction of sp³-hybridized carbons (Fsp3) is 0.400. The molecule has 0 aromatic carbocycles. The first kappa shape index (κ1) is 9.15. The molecule has 0 spiro atoms. The Morgan fingerprint density at radius 2 is 2.21 bits per heavy atom. The monoisotopic (exact) mass is 191 g/mol. The predicted molar refractivity (Wildman–Crippen MR) is 54.1 cm³/mol. The number of anilines is 1. The van der Waals surface area contributed by atoms with E-state index in [4.69, 9.17) is 0 Å². The van der Waals surface area contributed by atoms with Crippen LogP contribution in [0.2, 0.25) is 0 Å². The van der Waals surface area contributed by atoms with Crippen LogP contribution in [-0.4, -0.2) is 30.5 Å². The summed E-state index contributed by atoms with van der Waals surface area (Å²) in [6, 6.07) is 3.67. The highest BCUT2D eigenvalue weighted by atomic mass is 16.2. The number of amides is 1. The Morgan fingerprint density at radius 3 is 2.71 bits per heavy atom. The van der Waals surface area contributed by atoms with Crippen LogP contribution in [0.5, 0.6) is 0 Å². The van der Waals surface area contributed by atoms with Gasteiger partial charge >= 0.3 is 0 Å². The van der Waals surface area contributed by atoms with Gasteiger partial charge in [0, 0.05) is 25.1 Å². The van der Waals surface area contributed by atoms with E-state index < -0.39 is 0 Å². The van der Waals surface area contributed by atoms with E-state index in [9.17, 15) is 4.79 Å². The number of hydrogen-bond acceptors (Lipinski definition) is 3. The van der Waals surface area contributed by atoms with Crippen LogP contribution in [0.3, 0.4) is 0 Å². The van der Waals surface area contributed by atoms with Crippen LogP contribution in [0.25, 0.3) is 0 Å². The molecule has 1 aromatic heterocycles. The van der Waals surface area contributed by atoms with Crippen molar-refractivity contribution in [2.24, 2.45) is 0 Å². The quantitative estimate of drug-likeness (QED) is 0.736. The summed E-state index contributed by atoms with van der Waals surface area (Å²) in [4.78, 5) is 17.3. The van der Waals surface area contributed by atoms with Crippen LogP contribution in [0.1, 0.15) is 6.42 Å². The van der Waals surface area contributed by atoms with Crippen molar-refractivity contribution in [1.29, 1.82) is 0 Å². The summed E-state index contributed by atoms with van der Waals surface area (Å²) in [6.07, 6.45) is 4.31.